The normalized spacial score (nSPS) is 22.1. The number of nitrogens with two attached hydrogens (primary N) is 1. The summed E-state index contributed by atoms with van der Waals surface area (Å²) in [5.41, 5.74) is 12.2. The first-order valence-corrected chi connectivity index (χ1v) is 14.2. The highest BCUT2D eigenvalue weighted by Crippen LogP contribution is 2.40. The molecule has 2 aliphatic rings. The number of nitrogens with zero attached hydrogens (tertiary/aromatic N) is 5. The van der Waals surface area contributed by atoms with Gasteiger partial charge in [-0.2, -0.15) is 0 Å². The maximum Gasteiger partial charge on any atom is 0.150 e. The van der Waals surface area contributed by atoms with Gasteiger partial charge in [-0.05, 0) is 64.4 Å². The monoisotopic (exact) mass is 517 g/mol. The number of anilines is 1. The summed E-state index contributed by atoms with van der Waals surface area (Å²) in [6.07, 6.45) is 9.77. The van der Waals surface area contributed by atoms with E-state index in [1.807, 2.05) is 24.4 Å². The van der Waals surface area contributed by atoms with Crippen LogP contribution in [-0.4, -0.2) is 56.5 Å². The lowest BCUT2D eigenvalue weighted by molar-refractivity contribution is 0.246. The zero-order valence-electron chi connectivity index (χ0n) is 22.4. The maximum atomic E-state index is 6.45. The van der Waals surface area contributed by atoms with Crippen molar-refractivity contribution in [2.45, 2.75) is 50.1 Å². The number of rotatable bonds is 5. The third kappa shape index (κ3) is 4.66. The third-order valence-corrected chi connectivity index (χ3v) is 8.57. The number of hydrogen-bond acceptors (Lipinski definition) is 6. The molecule has 198 valence electrons. The molecule has 2 fully saturated rings. The highest BCUT2D eigenvalue weighted by molar-refractivity contribution is 5.91. The van der Waals surface area contributed by atoms with Crippen LogP contribution in [0.1, 0.15) is 43.8 Å². The summed E-state index contributed by atoms with van der Waals surface area (Å²) in [6, 6.07) is 22.1. The van der Waals surface area contributed by atoms with Gasteiger partial charge in [0.05, 0.1) is 11.2 Å². The molecule has 39 heavy (non-hydrogen) atoms. The average molecular weight is 518 g/mol. The van der Waals surface area contributed by atoms with E-state index in [1.54, 1.807) is 6.20 Å². The molecule has 1 saturated carbocycles. The molecule has 1 unspecified atom stereocenters. The average Bonchev–Trinajstić information content (AvgIpc) is 3.20. The van der Waals surface area contributed by atoms with Crippen molar-refractivity contribution in [1.29, 1.82) is 0 Å². The minimum Gasteiger partial charge on any atom is -0.382 e. The second kappa shape index (κ2) is 10.1. The number of likely N-dealkylation sites (tertiary alicyclic amines) is 1. The van der Waals surface area contributed by atoms with Crippen molar-refractivity contribution in [3.05, 3.63) is 78.9 Å². The Morgan fingerprint density at radius 3 is 2.62 bits per heavy atom. The van der Waals surface area contributed by atoms with E-state index in [1.165, 1.54) is 32.4 Å². The van der Waals surface area contributed by atoms with Crippen LogP contribution in [0.15, 0.2) is 73.1 Å². The predicted octanol–water partition coefficient (Wildman–Crippen LogP) is 5.51. The van der Waals surface area contributed by atoms with E-state index < -0.39 is 0 Å². The number of nitrogen functional groups attached to an aromatic ring is 1. The fourth-order valence-electron chi connectivity index (χ4n) is 6.32. The molecule has 2 aromatic carbocycles. The van der Waals surface area contributed by atoms with Crippen LogP contribution in [-0.2, 0) is 0 Å². The number of aromatic nitrogens is 4. The molecule has 5 aromatic rings. The van der Waals surface area contributed by atoms with Crippen molar-refractivity contribution < 1.29 is 0 Å². The summed E-state index contributed by atoms with van der Waals surface area (Å²) >= 11 is 0. The molecule has 1 saturated heterocycles. The van der Waals surface area contributed by atoms with Crippen molar-refractivity contribution in [1.82, 2.24) is 29.6 Å². The van der Waals surface area contributed by atoms with Gasteiger partial charge in [-0.25, -0.2) is 15.0 Å². The molecule has 4 heterocycles. The predicted molar refractivity (Wildman–Crippen MR) is 158 cm³/mol. The van der Waals surface area contributed by atoms with Crippen LogP contribution in [0.3, 0.4) is 0 Å². The molecular formula is C32H35N7. The fraction of sp³-hybridized carbons (Fsp3) is 0.344. The van der Waals surface area contributed by atoms with Crippen LogP contribution in [0.4, 0.5) is 5.82 Å². The molecule has 7 heteroatoms. The number of hydrogen-bond donors (Lipinski definition) is 2. The third-order valence-electron chi connectivity index (χ3n) is 8.57. The summed E-state index contributed by atoms with van der Waals surface area (Å²) in [4.78, 5) is 17.1. The zero-order chi connectivity index (χ0) is 26.3. The van der Waals surface area contributed by atoms with Gasteiger partial charge >= 0.3 is 0 Å². The van der Waals surface area contributed by atoms with E-state index in [-0.39, 0.29) is 0 Å². The van der Waals surface area contributed by atoms with Crippen molar-refractivity contribution in [2.75, 3.05) is 25.9 Å². The molecule has 3 aromatic heterocycles. The number of imidazole rings is 1. The van der Waals surface area contributed by atoms with E-state index in [0.29, 0.717) is 23.8 Å². The molecule has 7 nitrogen and oxygen atoms in total. The molecule has 0 bridgehead atoms. The number of fused-ring (bicyclic) bond motifs is 2. The summed E-state index contributed by atoms with van der Waals surface area (Å²) in [5.74, 6) is 2.00. The minimum absolute atomic E-state index is 0.405. The molecule has 1 aliphatic heterocycles. The molecule has 1 aliphatic carbocycles. The summed E-state index contributed by atoms with van der Waals surface area (Å²) in [5, 5.41) is 5.05. The van der Waals surface area contributed by atoms with Crippen LogP contribution in [0.5, 0.6) is 0 Å². The Hall–Kier alpha value is -3.81. The molecule has 0 spiro atoms. The van der Waals surface area contributed by atoms with Gasteiger partial charge in [-0.1, -0.05) is 48.5 Å². The highest BCUT2D eigenvalue weighted by atomic mass is 15.1. The van der Waals surface area contributed by atoms with E-state index in [2.05, 4.69) is 69.1 Å². The summed E-state index contributed by atoms with van der Waals surface area (Å²) in [6.45, 7) is 2.39. The number of benzene rings is 2. The quantitative estimate of drug-likeness (QED) is 0.320. The fourth-order valence-corrected chi connectivity index (χ4v) is 6.32. The van der Waals surface area contributed by atoms with E-state index in [9.17, 15) is 0 Å². The van der Waals surface area contributed by atoms with Crippen molar-refractivity contribution in [3.63, 3.8) is 0 Å². The van der Waals surface area contributed by atoms with Crippen molar-refractivity contribution in [3.8, 4) is 22.5 Å². The first kappa shape index (κ1) is 24.2. The minimum atomic E-state index is 0.405. The van der Waals surface area contributed by atoms with E-state index in [4.69, 9.17) is 15.7 Å². The Bertz CT molecular complexity index is 1620. The van der Waals surface area contributed by atoms with Crippen LogP contribution < -0.4 is 11.1 Å². The van der Waals surface area contributed by atoms with Crippen LogP contribution in [0.2, 0.25) is 0 Å². The van der Waals surface area contributed by atoms with Gasteiger partial charge in [-0.15, -0.1) is 0 Å². The van der Waals surface area contributed by atoms with Gasteiger partial charge in [0.15, 0.2) is 0 Å². The second-order valence-corrected chi connectivity index (χ2v) is 11.3. The zero-order valence-corrected chi connectivity index (χ0v) is 22.4. The molecule has 0 radical (unpaired) electrons. The van der Waals surface area contributed by atoms with Crippen LogP contribution in [0.25, 0.3) is 38.9 Å². The SMILES string of the molecule is CN1CCCC(NC2CC(c3nc(-c4ccc5ccc(-c6ccccc6)nc5c4)c4c(N)nccn34)C2)CC1. The Balaban J connectivity index is 1.18. The standard InChI is InChI=1S/C32H35N7/c1-38-15-5-8-25(13-16-38)35-26-18-24(19-26)32-37-29(30-31(33)34-14-17-39(30)32)23-10-9-22-11-12-27(36-28(22)20-23)21-6-3-2-4-7-21/h2-4,6-7,9-12,14,17,20,24-26,35H,5,8,13,15-16,18-19H2,1H3,(H2,33,34). The van der Waals surface area contributed by atoms with E-state index >= 15 is 0 Å². The van der Waals surface area contributed by atoms with Gasteiger partial charge in [0, 0.05) is 46.9 Å². The topological polar surface area (TPSA) is 84.4 Å². The lowest BCUT2D eigenvalue weighted by atomic mass is 9.79. The number of pyridine rings is 1. The molecule has 1 atom stereocenters. The Labute approximate surface area is 229 Å². The van der Waals surface area contributed by atoms with Crippen LogP contribution >= 0.6 is 0 Å². The van der Waals surface area contributed by atoms with Gasteiger partial charge < -0.3 is 16.0 Å². The lowest BCUT2D eigenvalue weighted by Crippen LogP contribution is -2.46. The molecule has 0 amide bonds. The van der Waals surface area contributed by atoms with E-state index in [0.717, 1.165) is 57.6 Å². The van der Waals surface area contributed by atoms with Gasteiger partial charge in [0.2, 0.25) is 0 Å². The maximum absolute atomic E-state index is 6.45. The lowest BCUT2D eigenvalue weighted by Gasteiger charge is -2.37. The molecule has 3 N–H and O–H groups in total. The van der Waals surface area contributed by atoms with Crippen LogP contribution in [0, 0.1) is 0 Å². The Morgan fingerprint density at radius 2 is 1.74 bits per heavy atom. The summed E-state index contributed by atoms with van der Waals surface area (Å²) in [7, 11) is 2.23. The molecular weight excluding hydrogens is 482 g/mol. The van der Waals surface area contributed by atoms with Crippen molar-refractivity contribution in [2.24, 2.45) is 0 Å². The largest absolute Gasteiger partial charge is 0.382 e. The smallest absolute Gasteiger partial charge is 0.150 e. The van der Waals surface area contributed by atoms with Gasteiger partial charge in [0.1, 0.15) is 22.9 Å². The van der Waals surface area contributed by atoms with Crippen molar-refractivity contribution >= 4 is 22.2 Å². The van der Waals surface area contributed by atoms with Gasteiger partial charge in [-0.3, -0.25) is 4.40 Å². The first-order chi connectivity index (χ1) is 19.1. The summed E-state index contributed by atoms with van der Waals surface area (Å²) < 4.78 is 2.16. The first-order valence-electron chi connectivity index (χ1n) is 14.2. The van der Waals surface area contributed by atoms with Gasteiger partial charge in [0.25, 0.3) is 0 Å². The second-order valence-electron chi connectivity index (χ2n) is 11.3. The Kier molecular flexibility index (Phi) is 6.25. The Morgan fingerprint density at radius 1 is 0.897 bits per heavy atom. The number of nitrogens with one attached hydrogen (secondary N) is 1. The highest BCUT2D eigenvalue weighted by Gasteiger charge is 2.35. The molecule has 7 rings (SSSR count).